The van der Waals surface area contributed by atoms with Crippen LogP contribution in [-0.2, 0) is 30.3 Å². The van der Waals surface area contributed by atoms with Gasteiger partial charge in [-0.3, -0.25) is 19.7 Å². The lowest BCUT2D eigenvalue weighted by Crippen LogP contribution is -2.50. The molecule has 1 saturated heterocycles. The normalized spacial score (nSPS) is 19.1. The first-order valence-corrected chi connectivity index (χ1v) is 8.44. The van der Waals surface area contributed by atoms with E-state index in [4.69, 9.17) is 9.47 Å². The van der Waals surface area contributed by atoms with Gasteiger partial charge in [0, 0.05) is 19.4 Å². The van der Waals surface area contributed by atoms with E-state index < -0.39 is 18.5 Å². The van der Waals surface area contributed by atoms with E-state index in [9.17, 15) is 14.4 Å². The molecule has 0 aromatic heterocycles. The van der Waals surface area contributed by atoms with E-state index in [0.717, 1.165) is 12.0 Å². The summed E-state index contributed by atoms with van der Waals surface area (Å²) in [6, 6.07) is 9.28. The zero-order chi connectivity index (χ0) is 18.1. The van der Waals surface area contributed by atoms with Crippen LogP contribution in [0.2, 0.25) is 0 Å². The molecule has 0 aliphatic carbocycles. The molecule has 136 valence electrons. The summed E-state index contributed by atoms with van der Waals surface area (Å²) in [6.07, 6.45) is 1.62. The topological polar surface area (TPSA) is 84.9 Å². The predicted octanol–water partition coefficient (Wildman–Crippen LogP) is 1.22. The standard InChI is InChI=1S/C18H24N2O5/c1-14(18(23)20-11-5-8-17(20)25-13-22)19-16(24-12-21)10-9-15-6-3-2-4-7-15/h2-4,6-7,12-14,16-17,19H,5,8-11H2,1H3/t14-,16+,17+/m0/s1. The highest BCUT2D eigenvalue weighted by Crippen LogP contribution is 2.19. The van der Waals surface area contributed by atoms with E-state index in [1.165, 1.54) is 0 Å². The lowest BCUT2D eigenvalue weighted by atomic mass is 10.1. The van der Waals surface area contributed by atoms with E-state index in [1.807, 2.05) is 30.3 Å². The average Bonchev–Trinajstić information content (AvgIpc) is 3.08. The minimum atomic E-state index is -0.565. The lowest BCUT2D eigenvalue weighted by molar-refractivity contribution is -0.153. The van der Waals surface area contributed by atoms with Crippen molar-refractivity contribution >= 4 is 18.9 Å². The molecule has 1 aliphatic heterocycles. The number of nitrogens with zero attached hydrogens (tertiary/aromatic N) is 1. The van der Waals surface area contributed by atoms with Gasteiger partial charge in [0.05, 0.1) is 6.04 Å². The van der Waals surface area contributed by atoms with Gasteiger partial charge in [0.1, 0.15) is 0 Å². The van der Waals surface area contributed by atoms with Gasteiger partial charge in [-0.25, -0.2) is 0 Å². The van der Waals surface area contributed by atoms with Crippen LogP contribution in [0.5, 0.6) is 0 Å². The Hall–Kier alpha value is -2.41. The summed E-state index contributed by atoms with van der Waals surface area (Å²) in [5.41, 5.74) is 1.13. The fourth-order valence-corrected chi connectivity index (χ4v) is 2.99. The summed E-state index contributed by atoms with van der Waals surface area (Å²) in [4.78, 5) is 35.4. The van der Waals surface area contributed by atoms with E-state index >= 15 is 0 Å². The molecule has 1 fully saturated rings. The second-order valence-corrected chi connectivity index (χ2v) is 5.99. The van der Waals surface area contributed by atoms with Crippen molar-refractivity contribution in [2.75, 3.05) is 6.54 Å². The van der Waals surface area contributed by atoms with Gasteiger partial charge in [-0.2, -0.15) is 0 Å². The van der Waals surface area contributed by atoms with Gasteiger partial charge >= 0.3 is 0 Å². The SMILES string of the molecule is C[C@H](N[C@@H](CCc1ccccc1)OC=O)C(=O)N1CCC[C@H]1OC=O. The molecule has 2 rings (SSSR count). The van der Waals surface area contributed by atoms with E-state index in [0.29, 0.717) is 38.8 Å². The summed E-state index contributed by atoms with van der Waals surface area (Å²) in [6.45, 7) is 3.01. The van der Waals surface area contributed by atoms with Crippen LogP contribution in [-0.4, -0.2) is 48.8 Å². The summed E-state index contributed by atoms with van der Waals surface area (Å²) in [5, 5.41) is 3.04. The molecule has 7 nitrogen and oxygen atoms in total. The highest BCUT2D eigenvalue weighted by atomic mass is 16.5. The zero-order valence-corrected chi connectivity index (χ0v) is 14.3. The molecular formula is C18H24N2O5. The Morgan fingerprint density at radius 3 is 2.76 bits per heavy atom. The van der Waals surface area contributed by atoms with Crippen molar-refractivity contribution in [3.8, 4) is 0 Å². The first kappa shape index (κ1) is 18.9. The van der Waals surface area contributed by atoms with Crippen molar-refractivity contribution in [1.29, 1.82) is 0 Å². The summed E-state index contributed by atoms with van der Waals surface area (Å²) in [7, 11) is 0. The Morgan fingerprint density at radius 1 is 1.32 bits per heavy atom. The molecule has 1 N–H and O–H groups in total. The maximum atomic E-state index is 12.6. The van der Waals surface area contributed by atoms with Crippen LogP contribution in [0.15, 0.2) is 30.3 Å². The monoisotopic (exact) mass is 348 g/mol. The zero-order valence-electron chi connectivity index (χ0n) is 14.3. The van der Waals surface area contributed by atoms with Gasteiger partial charge < -0.3 is 14.4 Å². The van der Waals surface area contributed by atoms with Crippen LogP contribution < -0.4 is 5.32 Å². The number of aryl methyl sites for hydroxylation is 1. The molecule has 1 aromatic rings. The second kappa shape index (κ2) is 9.78. The molecule has 1 aromatic carbocycles. The Kier molecular flexibility index (Phi) is 7.40. The van der Waals surface area contributed by atoms with Gasteiger partial charge in [0.15, 0.2) is 12.5 Å². The molecule has 3 atom stereocenters. The number of hydrogen-bond donors (Lipinski definition) is 1. The van der Waals surface area contributed by atoms with Crippen molar-refractivity contribution in [2.45, 2.75) is 51.1 Å². The number of likely N-dealkylation sites (tertiary alicyclic amines) is 1. The maximum absolute atomic E-state index is 12.6. The minimum Gasteiger partial charge on any atom is -0.449 e. The Labute approximate surface area is 147 Å². The second-order valence-electron chi connectivity index (χ2n) is 5.99. The molecule has 0 unspecified atom stereocenters. The molecule has 0 bridgehead atoms. The van der Waals surface area contributed by atoms with Crippen molar-refractivity contribution in [3.63, 3.8) is 0 Å². The fraction of sp³-hybridized carbons (Fsp3) is 0.500. The average molecular weight is 348 g/mol. The van der Waals surface area contributed by atoms with Gasteiger partial charge in [0.25, 0.3) is 12.9 Å². The van der Waals surface area contributed by atoms with Crippen LogP contribution in [0.3, 0.4) is 0 Å². The molecular weight excluding hydrogens is 324 g/mol. The van der Waals surface area contributed by atoms with E-state index in [1.54, 1.807) is 11.8 Å². The number of carbonyl (C=O) groups is 3. The number of rotatable bonds is 10. The van der Waals surface area contributed by atoms with Crippen molar-refractivity contribution in [3.05, 3.63) is 35.9 Å². The van der Waals surface area contributed by atoms with Crippen LogP contribution in [0.4, 0.5) is 0 Å². The maximum Gasteiger partial charge on any atom is 0.295 e. The Balaban J connectivity index is 1.89. The number of carbonyl (C=O) groups excluding carboxylic acids is 3. The molecule has 1 amide bonds. The third-order valence-corrected chi connectivity index (χ3v) is 4.26. The van der Waals surface area contributed by atoms with Crippen LogP contribution in [0.1, 0.15) is 31.7 Å². The van der Waals surface area contributed by atoms with Crippen molar-refractivity contribution in [2.24, 2.45) is 0 Å². The number of benzene rings is 1. The number of hydrogen-bond acceptors (Lipinski definition) is 6. The highest BCUT2D eigenvalue weighted by Gasteiger charge is 2.33. The van der Waals surface area contributed by atoms with E-state index in [-0.39, 0.29) is 5.91 Å². The molecule has 1 aliphatic rings. The first-order valence-electron chi connectivity index (χ1n) is 8.44. The largest absolute Gasteiger partial charge is 0.449 e. The molecule has 1 heterocycles. The fourth-order valence-electron chi connectivity index (χ4n) is 2.99. The molecule has 0 saturated carbocycles. The summed E-state index contributed by atoms with van der Waals surface area (Å²) in [5.74, 6) is -0.177. The quantitative estimate of drug-likeness (QED) is 0.505. The Morgan fingerprint density at radius 2 is 2.08 bits per heavy atom. The van der Waals surface area contributed by atoms with Gasteiger partial charge in [-0.15, -0.1) is 0 Å². The number of nitrogens with one attached hydrogen (secondary N) is 1. The minimum absolute atomic E-state index is 0.177. The summed E-state index contributed by atoms with van der Waals surface area (Å²) < 4.78 is 10.0. The summed E-state index contributed by atoms with van der Waals surface area (Å²) >= 11 is 0. The van der Waals surface area contributed by atoms with E-state index in [2.05, 4.69) is 5.32 Å². The number of ether oxygens (including phenoxy) is 2. The first-order chi connectivity index (χ1) is 12.2. The molecule has 0 radical (unpaired) electrons. The third-order valence-electron chi connectivity index (χ3n) is 4.26. The lowest BCUT2D eigenvalue weighted by Gasteiger charge is -2.28. The highest BCUT2D eigenvalue weighted by molar-refractivity contribution is 5.82. The number of amides is 1. The third kappa shape index (κ3) is 5.56. The van der Waals surface area contributed by atoms with Crippen LogP contribution in [0, 0.1) is 0 Å². The molecule has 7 heteroatoms. The smallest absolute Gasteiger partial charge is 0.295 e. The predicted molar refractivity (Wildman–Crippen MR) is 90.2 cm³/mol. The van der Waals surface area contributed by atoms with Crippen molar-refractivity contribution in [1.82, 2.24) is 10.2 Å². The Bertz CT molecular complexity index is 566. The molecule has 25 heavy (non-hydrogen) atoms. The molecule has 0 spiro atoms. The van der Waals surface area contributed by atoms with Crippen LogP contribution in [0.25, 0.3) is 0 Å². The van der Waals surface area contributed by atoms with Gasteiger partial charge in [-0.05, 0) is 25.3 Å². The van der Waals surface area contributed by atoms with Crippen molar-refractivity contribution < 1.29 is 23.9 Å². The van der Waals surface area contributed by atoms with Gasteiger partial charge in [-0.1, -0.05) is 30.3 Å². The van der Waals surface area contributed by atoms with Gasteiger partial charge in [0.2, 0.25) is 5.91 Å². The van der Waals surface area contributed by atoms with Crippen LogP contribution >= 0.6 is 0 Å².